The summed E-state index contributed by atoms with van der Waals surface area (Å²) in [4.78, 5) is 0. The first kappa shape index (κ1) is 11.3. The van der Waals surface area contributed by atoms with Crippen LogP contribution in [0.15, 0.2) is 18.2 Å². The van der Waals surface area contributed by atoms with Crippen LogP contribution in [0.1, 0.15) is 19.4 Å². The summed E-state index contributed by atoms with van der Waals surface area (Å²) in [6, 6.07) is 5.65. The molecule has 2 N–H and O–H groups in total. The van der Waals surface area contributed by atoms with Gasteiger partial charge in [0, 0.05) is 17.3 Å². The molecule has 0 aromatic heterocycles. The highest BCUT2D eigenvalue weighted by molar-refractivity contribution is 6.30. The largest absolute Gasteiger partial charge is 0.389 e. The molecule has 0 unspecified atom stereocenters. The van der Waals surface area contributed by atoms with E-state index in [1.807, 2.05) is 25.1 Å². The first-order valence-corrected chi connectivity index (χ1v) is 4.99. The summed E-state index contributed by atoms with van der Waals surface area (Å²) in [5, 5.41) is 13.4. The van der Waals surface area contributed by atoms with Crippen molar-refractivity contribution in [3.63, 3.8) is 0 Å². The highest BCUT2D eigenvalue weighted by Gasteiger charge is 2.11. The number of rotatable bonds is 3. The molecule has 0 saturated carbocycles. The van der Waals surface area contributed by atoms with Crippen LogP contribution in [0.3, 0.4) is 0 Å². The number of nitrogens with one attached hydrogen (secondary N) is 1. The summed E-state index contributed by atoms with van der Waals surface area (Å²) in [5.74, 6) is 0. The Hall–Kier alpha value is -0.730. The van der Waals surface area contributed by atoms with Gasteiger partial charge in [0.15, 0.2) is 0 Å². The molecular weight excluding hydrogens is 198 g/mol. The summed E-state index contributed by atoms with van der Waals surface area (Å²) in [5.41, 5.74) is 1.39. The van der Waals surface area contributed by atoms with E-state index >= 15 is 0 Å². The van der Waals surface area contributed by atoms with Crippen molar-refractivity contribution in [2.45, 2.75) is 26.4 Å². The van der Waals surface area contributed by atoms with Crippen LogP contribution in [0, 0.1) is 6.92 Å². The normalized spacial score (nSPS) is 11.5. The van der Waals surface area contributed by atoms with Gasteiger partial charge in [-0.1, -0.05) is 11.6 Å². The number of hydrogen-bond donors (Lipinski definition) is 2. The van der Waals surface area contributed by atoms with Crippen molar-refractivity contribution < 1.29 is 5.11 Å². The lowest BCUT2D eigenvalue weighted by Crippen LogP contribution is -2.29. The lowest BCUT2D eigenvalue weighted by Gasteiger charge is -2.19. The molecule has 0 atom stereocenters. The predicted molar refractivity (Wildman–Crippen MR) is 61.0 cm³/mol. The van der Waals surface area contributed by atoms with Gasteiger partial charge in [0.1, 0.15) is 0 Å². The van der Waals surface area contributed by atoms with Crippen LogP contribution in [-0.2, 0) is 0 Å². The molecule has 0 heterocycles. The van der Waals surface area contributed by atoms with Crippen molar-refractivity contribution in [1.82, 2.24) is 0 Å². The minimum atomic E-state index is -0.702. The monoisotopic (exact) mass is 213 g/mol. The number of benzene rings is 1. The highest BCUT2D eigenvalue weighted by atomic mass is 35.5. The quantitative estimate of drug-likeness (QED) is 0.810. The second-order valence-corrected chi connectivity index (χ2v) is 4.56. The zero-order valence-electron chi connectivity index (χ0n) is 8.76. The van der Waals surface area contributed by atoms with Crippen molar-refractivity contribution in [2.24, 2.45) is 0 Å². The van der Waals surface area contributed by atoms with E-state index in [1.54, 1.807) is 13.8 Å². The molecule has 0 fully saturated rings. The van der Waals surface area contributed by atoms with E-state index < -0.39 is 5.60 Å². The molecular formula is C11H16ClNO. The fraction of sp³-hybridized carbons (Fsp3) is 0.455. The van der Waals surface area contributed by atoms with Gasteiger partial charge in [-0.15, -0.1) is 0 Å². The van der Waals surface area contributed by atoms with E-state index in [-0.39, 0.29) is 0 Å². The standard InChI is InChI=1S/C11H16ClNO/c1-8-6-9(12)4-5-10(8)13-7-11(2,3)14/h4-6,13-14H,7H2,1-3H3. The first-order chi connectivity index (χ1) is 6.38. The van der Waals surface area contributed by atoms with Gasteiger partial charge in [-0.25, -0.2) is 0 Å². The number of hydrogen-bond acceptors (Lipinski definition) is 2. The molecule has 1 aromatic carbocycles. The highest BCUT2D eigenvalue weighted by Crippen LogP contribution is 2.20. The molecule has 0 aliphatic rings. The lowest BCUT2D eigenvalue weighted by molar-refractivity contribution is 0.0945. The SMILES string of the molecule is Cc1cc(Cl)ccc1NCC(C)(C)O. The van der Waals surface area contributed by atoms with E-state index in [1.165, 1.54) is 0 Å². The minimum Gasteiger partial charge on any atom is -0.389 e. The molecule has 0 aliphatic heterocycles. The third-order valence-electron chi connectivity index (χ3n) is 1.90. The van der Waals surface area contributed by atoms with Crippen molar-refractivity contribution >= 4 is 17.3 Å². The zero-order chi connectivity index (χ0) is 10.8. The zero-order valence-corrected chi connectivity index (χ0v) is 9.52. The maximum atomic E-state index is 9.54. The molecule has 0 saturated heterocycles. The van der Waals surface area contributed by atoms with E-state index in [0.717, 1.165) is 16.3 Å². The van der Waals surface area contributed by atoms with Gasteiger partial charge in [0.2, 0.25) is 0 Å². The lowest BCUT2D eigenvalue weighted by atomic mass is 10.1. The Morgan fingerprint density at radius 2 is 2.07 bits per heavy atom. The summed E-state index contributed by atoms with van der Waals surface area (Å²) >= 11 is 5.83. The minimum absolute atomic E-state index is 0.523. The van der Waals surface area contributed by atoms with Gasteiger partial charge in [-0.05, 0) is 44.5 Å². The fourth-order valence-corrected chi connectivity index (χ4v) is 1.36. The molecule has 1 rings (SSSR count). The third kappa shape index (κ3) is 3.56. The molecule has 0 radical (unpaired) electrons. The molecule has 0 spiro atoms. The Labute approximate surface area is 89.9 Å². The van der Waals surface area contributed by atoms with Crippen molar-refractivity contribution in [2.75, 3.05) is 11.9 Å². The van der Waals surface area contributed by atoms with Gasteiger partial charge in [-0.3, -0.25) is 0 Å². The van der Waals surface area contributed by atoms with Crippen LogP contribution < -0.4 is 5.32 Å². The molecule has 0 bridgehead atoms. The van der Waals surface area contributed by atoms with E-state index in [4.69, 9.17) is 11.6 Å². The Morgan fingerprint density at radius 1 is 1.43 bits per heavy atom. The average molecular weight is 214 g/mol. The number of halogens is 1. The molecule has 0 aliphatic carbocycles. The van der Waals surface area contributed by atoms with Crippen LogP contribution in [0.5, 0.6) is 0 Å². The molecule has 2 nitrogen and oxygen atoms in total. The second-order valence-electron chi connectivity index (χ2n) is 4.13. The Morgan fingerprint density at radius 3 is 2.57 bits per heavy atom. The van der Waals surface area contributed by atoms with Gasteiger partial charge in [-0.2, -0.15) is 0 Å². The van der Waals surface area contributed by atoms with Crippen LogP contribution in [0.25, 0.3) is 0 Å². The summed E-state index contributed by atoms with van der Waals surface area (Å²) in [7, 11) is 0. The smallest absolute Gasteiger partial charge is 0.0763 e. The number of anilines is 1. The van der Waals surface area contributed by atoms with Crippen molar-refractivity contribution in [3.05, 3.63) is 28.8 Å². The Bertz CT molecular complexity index is 318. The molecule has 1 aromatic rings. The summed E-state index contributed by atoms with van der Waals surface area (Å²) in [6.45, 7) is 6.05. The van der Waals surface area contributed by atoms with Crippen LogP contribution in [-0.4, -0.2) is 17.3 Å². The van der Waals surface area contributed by atoms with Gasteiger partial charge >= 0.3 is 0 Å². The predicted octanol–water partition coefficient (Wildman–Crippen LogP) is 2.83. The van der Waals surface area contributed by atoms with Crippen molar-refractivity contribution in [1.29, 1.82) is 0 Å². The third-order valence-corrected chi connectivity index (χ3v) is 2.13. The molecule has 3 heteroatoms. The first-order valence-electron chi connectivity index (χ1n) is 4.61. The summed E-state index contributed by atoms with van der Waals surface area (Å²) < 4.78 is 0. The maximum absolute atomic E-state index is 9.54. The van der Waals surface area contributed by atoms with Gasteiger partial charge < -0.3 is 10.4 Å². The number of aliphatic hydroxyl groups is 1. The van der Waals surface area contributed by atoms with Gasteiger partial charge in [0.05, 0.1) is 5.60 Å². The van der Waals surface area contributed by atoms with Crippen LogP contribution in [0.2, 0.25) is 5.02 Å². The topological polar surface area (TPSA) is 32.3 Å². The van der Waals surface area contributed by atoms with Gasteiger partial charge in [0.25, 0.3) is 0 Å². The molecule has 14 heavy (non-hydrogen) atoms. The fourth-order valence-electron chi connectivity index (χ4n) is 1.14. The molecule has 0 amide bonds. The van der Waals surface area contributed by atoms with Crippen LogP contribution >= 0.6 is 11.6 Å². The number of aryl methyl sites for hydroxylation is 1. The van der Waals surface area contributed by atoms with Crippen molar-refractivity contribution in [3.8, 4) is 0 Å². The average Bonchev–Trinajstić information content (AvgIpc) is 2.00. The summed E-state index contributed by atoms with van der Waals surface area (Å²) in [6.07, 6.45) is 0. The van der Waals surface area contributed by atoms with Crippen LogP contribution in [0.4, 0.5) is 5.69 Å². The maximum Gasteiger partial charge on any atom is 0.0763 e. The van der Waals surface area contributed by atoms with E-state index in [2.05, 4.69) is 5.32 Å². The Balaban J connectivity index is 2.68. The second kappa shape index (κ2) is 4.20. The van der Waals surface area contributed by atoms with E-state index in [0.29, 0.717) is 6.54 Å². The Kier molecular flexibility index (Phi) is 3.40. The van der Waals surface area contributed by atoms with E-state index in [9.17, 15) is 5.11 Å². The molecule has 78 valence electrons.